The van der Waals surface area contributed by atoms with Crippen molar-refractivity contribution in [3.8, 4) is 22.5 Å². The van der Waals surface area contributed by atoms with Crippen LogP contribution in [0.4, 0.5) is 0 Å². The minimum atomic E-state index is 0.112. The standard InChI is InChI=1S/C22H16N8O2/c1-13-23-20-18(11-31)24-25-19(12-32)21(20)30(13)10-14-6-8-15(9-7-14)16-4-2-3-5-17(16)22-26-28-29-27-22/h2-9,11-12H,10H2,1H3,(H,26,27,28,29). The van der Waals surface area contributed by atoms with Crippen molar-refractivity contribution in [2.24, 2.45) is 0 Å². The van der Waals surface area contributed by atoms with Gasteiger partial charge in [-0.3, -0.25) is 9.59 Å². The van der Waals surface area contributed by atoms with Crippen LogP contribution in [0.2, 0.25) is 0 Å². The molecule has 0 amide bonds. The largest absolute Gasteiger partial charge is 0.322 e. The van der Waals surface area contributed by atoms with Crippen molar-refractivity contribution in [3.05, 3.63) is 71.3 Å². The topological polar surface area (TPSA) is 132 Å². The van der Waals surface area contributed by atoms with Crippen LogP contribution in [0.25, 0.3) is 33.5 Å². The molecule has 10 heteroatoms. The second kappa shape index (κ2) is 7.91. The van der Waals surface area contributed by atoms with Crippen molar-refractivity contribution in [1.29, 1.82) is 0 Å². The summed E-state index contributed by atoms with van der Waals surface area (Å²) >= 11 is 0. The van der Waals surface area contributed by atoms with Gasteiger partial charge in [-0.2, -0.15) is 0 Å². The number of rotatable bonds is 6. The molecule has 0 spiro atoms. The summed E-state index contributed by atoms with van der Waals surface area (Å²) in [6, 6.07) is 15.9. The van der Waals surface area contributed by atoms with Crippen molar-refractivity contribution in [2.45, 2.75) is 13.5 Å². The molecule has 5 aromatic rings. The maximum Gasteiger partial charge on any atom is 0.180 e. The predicted molar refractivity (Wildman–Crippen MR) is 115 cm³/mol. The highest BCUT2D eigenvalue weighted by Gasteiger charge is 2.18. The van der Waals surface area contributed by atoms with Crippen LogP contribution in [0.3, 0.4) is 0 Å². The highest BCUT2D eigenvalue weighted by molar-refractivity contribution is 5.99. The SMILES string of the molecule is Cc1nc2c(C=O)nnc(C=O)c2n1Cc1ccc(-c2ccccc2-c2nnn[nH]2)cc1. The lowest BCUT2D eigenvalue weighted by atomic mass is 9.98. The number of fused-ring (bicyclic) bond motifs is 1. The van der Waals surface area contributed by atoms with Crippen molar-refractivity contribution in [1.82, 2.24) is 40.4 Å². The molecule has 0 saturated heterocycles. The summed E-state index contributed by atoms with van der Waals surface area (Å²) in [5, 5.41) is 21.8. The third-order valence-electron chi connectivity index (χ3n) is 5.27. The summed E-state index contributed by atoms with van der Waals surface area (Å²) in [4.78, 5) is 27.3. The molecule has 0 fully saturated rings. The lowest BCUT2D eigenvalue weighted by molar-refractivity contribution is 0.110. The van der Waals surface area contributed by atoms with Crippen LogP contribution in [0.5, 0.6) is 0 Å². The minimum Gasteiger partial charge on any atom is -0.322 e. The first-order chi connectivity index (χ1) is 15.7. The monoisotopic (exact) mass is 424 g/mol. The summed E-state index contributed by atoms with van der Waals surface area (Å²) in [5.41, 5.74) is 5.04. The number of hydrogen-bond acceptors (Lipinski definition) is 8. The maximum absolute atomic E-state index is 11.5. The molecular formula is C22H16N8O2. The van der Waals surface area contributed by atoms with Gasteiger partial charge in [0.05, 0.1) is 0 Å². The normalized spacial score (nSPS) is 11.0. The van der Waals surface area contributed by atoms with Gasteiger partial charge in [0, 0.05) is 12.1 Å². The number of imidazole rings is 1. The van der Waals surface area contributed by atoms with Crippen LogP contribution in [0.1, 0.15) is 32.4 Å². The number of aromatic nitrogens is 8. The quantitative estimate of drug-likeness (QED) is 0.411. The van der Waals surface area contributed by atoms with Gasteiger partial charge < -0.3 is 4.57 Å². The summed E-state index contributed by atoms with van der Waals surface area (Å²) in [5.74, 6) is 1.26. The van der Waals surface area contributed by atoms with Gasteiger partial charge in [0.25, 0.3) is 0 Å². The van der Waals surface area contributed by atoms with Crippen molar-refractivity contribution in [2.75, 3.05) is 0 Å². The minimum absolute atomic E-state index is 0.112. The van der Waals surface area contributed by atoms with Gasteiger partial charge in [0.15, 0.2) is 29.8 Å². The van der Waals surface area contributed by atoms with Gasteiger partial charge in [0.2, 0.25) is 0 Å². The van der Waals surface area contributed by atoms with E-state index >= 15 is 0 Å². The molecule has 0 aliphatic rings. The van der Waals surface area contributed by atoms with E-state index in [4.69, 9.17) is 0 Å². The molecule has 0 aliphatic heterocycles. The number of H-pyrrole nitrogens is 1. The van der Waals surface area contributed by atoms with E-state index in [1.54, 1.807) is 0 Å². The Hall–Kier alpha value is -4.60. The fourth-order valence-corrected chi connectivity index (χ4v) is 3.74. The zero-order valence-electron chi connectivity index (χ0n) is 16.9. The number of aromatic amines is 1. The van der Waals surface area contributed by atoms with E-state index < -0.39 is 0 Å². The average molecular weight is 424 g/mol. The third-order valence-corrected chi connectivity index (χ3v) is 5.27. The van der Waals surface area contributed by atoms with Crippen molar-refractivity contribution < 1.29 is 9.59 Å². The summed E-state index contributed by atoms with van der Waals surface area (Å²) in [7, 11) is 0. The van der Waals surface area contributed by atoms with Crippen LogP contribution in [0.15, 0.2) is 48.5 Å². The maximum atomic E-state index is 11.5. The second-order valence-corrected chi connectivity index (χ2v) is 7.14. The zero-order valence-corrected chi connectivity index (χ0v) is 16.9. The van der Waals surface area contributed by atoms with E-state index in [-0.39, 0.29) is 11.4 Å². The number of aryl methyl sites for hydroxylation is 1. The third kappa shape index (κ3) is 3.23. The van der Waals surface area contributed by atoms with E-state index in [0.717, 1.165) is 22.3 Å². The predicted octanol–water partition coefficient (Wildman–Crippen LogP) is 2.66. The first kappa shape index (κ1) is 19.4. The van der Waals surface area contributed by atoms with Crippen molar-refractivity contribution >= 4 is 23.6 Å². The molecule has 0 bridgehead atoms. The Labute approximate surface area is 181 Å². The molecule has 3 aromatic heterocycles. The smallest absolute Gasteiger partial charge is 0.180 e. The summed E-state index contributed by atoms with van der Waals surface area (Å²) in [6.07, 6.45) is 1.22. The summed E-state index contributed by atoms with van der Waals surface area (Å²) < 4.78 is 1.86. The second-order valence-electron chi connectivity index (χ2n) is 7.14. The van der Waals surface area contributed by atoms with E-state index in [0.29, 0.717) is 41.8 Å². The van der Waals surface area contributed by atoms with Gasteiger partial charge in [-0.05, 0) is 34.0 Å². The average Bonchev–Trinajstić information content (AvgIpc) is 3.48. The Morgan fingerprint density at radius 3 is 2.31 bits per heavy atom. The van der Waals surface area contributed by atoms with Gasteiger partial charge >= 0.3 is 0 Å². The van der Waals surface area contributed by atoms with Gasteiger partial charge in [-0.15, -0.1) is 15.3 Å². The van der Waals surface area contributed by atoms with E-state index in [1.165, 1.54) is 0 Å². The van der Waals surface area contributed by atoms with Crippen LogP contribution < -0.4 is 0 Å². The number of nitrogens with zero attached hydrogens (tertiary/aromatic N) is 7. The number of aldehydes is 2. The molecule has 32 heavy (non-hydrogen) atoms. The molecule has 0 saturated carbocycles. The lowest BCUT2D eigenvalue weighted by Crippen LogP contribution is -2.06. The van der Waals surface area contributed by atoms with Crippen LogP contribution >= 0.6 is 0 Å². The zero-order chi connectivity index (χ0) is 22.1. The number of nitrogens with one attached hydrogen (secondary N) is 1. The van der Waals surface area contributed by atoms with E-state index in [1.807, 2.05) is 60.0 Å². The number of carbonyl (C=O) groups excluding carboxylic acids is 2. The number of tetrazole rings is 1. The number of benzene rings is 2. The Bertz CT molecular complexity index is 1440. The Morgan fingerprint density at radius 2 is 1.62 bits per heavy atom. The van der Waals surface area contributed by atoms with Gasteiger partial charge in [-0.1, -0.05) is 48.5 Å². The van der Waals surface area contributed by atoms with Crippen LogP contribution in [-0.4, -0.2) is 52.9 Å². The summed E-state index contributed by atoms with van der Waals surface area (Å²) in [6.45, 7) is 2.28. The Balaban J connectivity index is 1.52. The highest BCUT2D eigenvalue weighted by Crippen LogP contribution is 2.30. The van der Waals surface area contributed by atoms with Crippen LogP contribution in [0, 0.1) is 6.92 Å². The van der Waals surface area contributed by atoms with Crippen molar-refractivity contribution in [3.63, 3.8) is 0 Å². The Morgan fingerprint density at radius 1 is 0.906 bits per heavy atom. The molecule has 5 rings (SSSR count). The molecule has 2 aromatic carbocycles. The molecule has 3 heterocycles. The molecule has 0 unspecified atom stereocenters. The molecule has 0 atom stereocenters. The fourth-order valence-electron chi connectivity index (χ4n) is 3.74. The molecular weight excluding hydrogens is 408 g/mol. The first-order valence-corrected chi connectivity index (χ1v) is 9.76. The number of carbonyl (C=O) groups is 2. The molecule has 1 N–H and O–H groups in total. The molecule has 0 radical (unpaired) electrons. The molecule has 156 valence electrons. The first-order valence-electron chi connectivity index (χ1n) is 9.76. The van der Waals surface area contributed by atoms with Crippen LogP contribution in [-0.2, 0) is 6.54 Å². The van der Waals surface area contributed by atoms with Gasteiger partial charge in [-0.25, -0.2) is 10.1 Å². The lowest BCUT2D eigenvalue weighted by Gasteiger charge is -2.10. The number of hydrogen-bond donors (Lipinski definition) is 1. The molecule has 10 nitrogen and oxygen atoms in total. The van der Waals surface area contributed by atoms with E-state index in [9.17, 15) is 9.59 Å². The van der Waals surface area contributed by atoms with E-state index in [2.05, 4.69) is 35.8 Å². The highest BCUT2D eigenvalue weighted by atomic mass is 16.1. The molecule has 0 aliphatic carbocycles. The Kier molecular flexibility index (Phi) is 4.79. The fraction of sp³-hybridized carbons (Fsp3) is 0.0909. The van der Waals surface area contributed by atoms with Gasteiger partial charge in [0.1, 0.15) is 16.9 Å².